The highest BCUT2D eigenvalue weighted by Gasteiger charge is 2.22. The van der Waals surface area contributed by atoms with Gasteiger partial charge in [0, 0.05) is 0 Å². The van der Waals surface area contributed by atoms with E-state index < -0.39 is 8.07 Å². The molecule has 1 aromatic carbocycles. The molecule has 0 saturated heterocycles. The molecule has 0 unspecified atom stereocenters. The Hall–Kier alpha value is -0.563. The Labute approximate surface area is 198 Å². The van der Waals surface area contributed by atoms with E-state index in [1.807, 2.05) is 0 Å². The molecule has 1 aromatic rings. The van der Waals surface area contributed by atoms with Gasteiger partial charge in [-0.05, 0) is 6.04 Å². The van der Waals surface area contributed by atoms with E-state index in [-0.39, 0.29) is 0 Å². The minimum absolute atomic E-state index is 1.31. The molecule has 1 radical (unpaired) electrons. The summed E-state index contributed by atoms with van der Waals surface area (Å²) < 4.78 is 0. The average molecular weight is 444 g/mol. The molecule has 179 valence electrons. The summed E-state index contributed by atoms with van der Waals surface area (Å²) in [7, 11) is -1.32. The maximum atomic E-state index is 2.66. The van der Waals surface area contributed by atoms with Crippen LogP contribution in [0.15, 0.2) is 30.3 Å². The third-order valence-electron chi connectivity index (χ3n) is 6.98. The summed E-state index contributed by atoms with van der Waals surface area (Å²) in [5.41, 5.74) is 0. The van der Waals surface area contributed by atoms with Crippen LogP contribution in [-0.2, 0) is 0 Å². The molecule has 0 fully saturated rings. The lowest BCUT2D eigenvalue weighted by atomic mass is 10.0. The highest BCUT2D eigenvalue weighted by Crippen LogP contribution is 2.16. The molecule has 0 heterocycles. The van der Waals surface area contributed by atoms with Gasteiger partial charge in [0.1, 0.15) is 0 Å². The van der Waals surface area contributed by atoms with E-state index in [2.05, 4.69) is 56.4 Å². The summed E-state index contributed by atoms with van der Waals surface area (Å²) in [6.45, 7) is 7.27. The van der Waals surface area contributed by atoms with Gasteiger partial charge >= 0.3 is 0 Å². The normalized spacial score (nSPS) is 11.8. The second-order valence-corrected chi connectivity index (χ2v) is 14.9. The lowest BCUT2D eigenvalue weighted by Crippen LogP contribution is -2.42. The molecule has 1 rings (SSSR count). The van der Waals surface area contributed by atoms with Gasteiger partial charge in [-0.25, -0.2) is 0 Å². The maximum Gasteiger partial charge on any atom is 0.0836 e. The first-order chi connectivity index (χ1) is 15.2. The lowest BCUT2D eigenvalue weighted by molar-refractivity contribution is 0.523. The Balaban J connectivity index is 1.76. The largest absolute Gasteiger partial charge is 0.0836 e. The van der Waals surface area contributed by atoms with E-state index in [9.17, 15) is 0 Å². The first-order valence-corrected chi connectivity index (χ1v) is 17.1. The van der Waals surface area contributed by atoms with Crippen molar-refractivity contribution in [2.24, 2.45) is 0 Å². The Morgan fingerprint density at radius 1 is 0.516 bits per heavy atom. The Morgan fingerprint density at radius 2 is 0.871 bits per heavy atom. The van der Waals surface area contributed by atoms with Gasteiger partial charge in [0.05, 0.1) is 8.07 Å². The molecule has 31 heavy (non-hydrogen) atoms. The molecule has 0 saturated carbocycles. The smallest absolute Gasteiger partial charge is 0.0654 e. The fourth-order valence-electron chi connectivity index (χ4n) is 4.67. The van der Waals surface area contributed by atoms with E-state index in [0.29, 0.717) is 0 Å². The fraction of sp³-hybridized carbons (Fsp3) is 0.767. The highest BCUT2D eigenvalue weighted by atomic mass is 28.3. The summed E-state index contributed by atoms with van der Waals surface area (Å²) >= 11 is 0. The molecule has 0 amide bonds. The van der Waals surface area contributed by atoms with Crippen LogP contribution >= 0.6 is 0 Å². The quantitative estimate of drug-likeness (QED) is 0.123. The number of unbranched alkanes of at least 4 members (excludes halogenated alkanes) is 19. The third-order valence-corrected chi connectivity index (χ3v) is 10.1. The van der Waals surface area contributed by atoms with Crippen molar-refractivity contribution in [3.8, 4) is 0 Å². The highest BCUT2D eigenvalue weighted by molar-refractivity contribution is 6.92. The Kier molecular flexibility index (Phi) is 18.4. The standard InChI is InChI=1S/C30H55Si/c1-4-5-6-7-8-9-10-11-12-13-14-15-16-17-18-19-20-21-22-26-29-31(2,3)30-27-24-23-25-28-30/h23-25,27-29H,4-22,26H2,1-3H3. The molecule has 0 aliphatic rings. The van der Waals surface area contributed by atoms with Crippen molar-refractivity contribution in [1.82, 2.24) is 0 Å². The van der Waals surface area contributed by atoms with Crippen LogP contribution in [0.3, 0.4) is 0 Å². The molecule has 0 aromatic heterocycles. The lowest BCUT2D eigenvalue weighted by Gasteiger charge is -2.22. The molecule has 0 aliphatic heterocycles. The second-order valence-electron chi connectivity index (χ2n) is 10.4. The van der Waals surface area contributed by atoms with Crippen molar-refractivity contribution < 1.29 is 0 Å². The third kappa shape index (κ3) is 16.7. The van der Waals surface area contributed by atoms with Gasteiger partial charge in [-0.15, -0.1) is 0 Å². The van der Waals surface area contributed by atoms with Gasteiger partial charge in [-0.1, -0.05) is 184 Å². The van der Waals surface area contributed by atoms with E-state index in [4.69, 9.17) is 0 Å². The van der Waals surface area contributed by atoms with Gasteiger partial charge < -0.3 is 0 Å². The fourth-order valence-corrected chi connectivity index (χ4v) is 6.88. The van der Waals surface area contributed by atoms with Gasteiger partial charge in [-0.2, -0.15) is 0 Å². The van der Waals surface area contributed by atoms with E-state index in [1.54, 1.807) is 5.19 Å². The van der Waals surface area contributed by atoms with E-state index >= 15 is 0 Å². The molecule has 0 N–H and O–H groups in total. The average Bonchev–Trinajstić information content (AvgIpc) is 2.78. The van der Waals surface area contributed by atoms with Crippen LogP contribution in [0.25, 0.3) is 0 Å². The second kappa shape index (κ2) is 20.1. The van der Waals surface area contributed by atoms with Crippen molar-refractivity contribution >= 4 is 13.3 Å². The van der Waals surface area contributed by atoms with Gasteiger partial charge in [-0.3, -0.25) is 0 Å². The zero-order valence-corrected chi connectivity index (χ0v) is 22.6. The van der Waals surface area contributed by atoms with Gasteiger partial charge in [0.2, 0.25) is 0 Å². The Bertz CT molecular complexity index is 478. The number of benzene rings is 1. The van der Waals surface area contributed by atoms with Crippen LogP contribution in [0.1, 0.15) is 135 Å². The first-order valence-electron chi connectivity index (χ1n) is 14.1. The zero-order chi connectivity index (χ0) is 22.5. The SMILES string of the molecule is CCCCCCCCCCCCCCCCCCCCC[CH][Si](C)(C)c1ccccc1. The van der Waals surface area contributed by atoms with Crippen molar-refractivity contribution in [2.75, 3.05) is 0 Å². The molecule has 0 atom stereocenters. The summed E-state index contributed by atoms with van der Waals surface area (Å²) in [4.78, 5) is 0. The van der Waals surface area contributed by atoms with Crippen LogP contribution < -0.4 is 5.19 Å². The summed E-state index contributed by atoms with van der Waals surface area (Å²) in [6.07, 6.45) is 29.0. The molecule has 1 heteroatoms. The summed E-state index contributed by atoms with van der Waals surface area (Å²) in [5, 5.41) is 1.58. The van der Waals surface area contributed by atoms with Crippen LogP contribution in [-0.4, -0.2) is 8.07 Å². The molecular formula is C30H55Si. The molecular weight excluding hydrogens is 388 g/mol. The van der Waals surface area contributed by atoms with E-state index in [0.717, 1.165) is 0 Å². The molecule has 0 aliphatic carbocycles. The van der Waals surface area contributed by atoms with Crippen molar-refractivity contribution in [3.63, 3.8) is 0 Å². The van der Waals surface area contributed by atoms with Crippen LogP contribution in [0.4, 0.5) is 0 Å². The number of rotatable bonds is 22. The first kappa shape index (κ1) is 28.5. The number of hydrogen-bond donors (Lipinski definition) is 0. The van der Waals surface area contributed by atoms with Crippen molar-refractivity contribution in [3.05, 3.63) is 36.4 Å². The maximum absolute atomic E-state index is 2.66. The van der Waals surface area contributed by atoms with Gasteiger partial charge in [0.25, 0.3) is 0 Å². The van der Waals surface area contributed by atoms with Crippen molar-refractivity contribution in [2.45, 2.75) is 148 Å². The summed E-state index contributed by atoms with van der Waals surface area (Å²) in [6, 6.07) is 13.8. The van der Waals surface area contributed by atoms with E-state index in [1.165, 1.54) is 128 Å². The zero-order valence-electron chi connectivity index (χ0n) is 21.6. The van der Waals surface area contributed by atoms with Crippen molar-refractivity contribution in [1.29, 1.82) is 0 Å². The van der Waals surface area contributed by atoms with Crippen LogP contribution in [0, 0.1) is 6.04 Å². The topological polar surface area (TPSA) is 0 Å². The Morgan fingerprint density at radius 3 is 1.26 bits per heavy atom. The minimum Gasteiger partial charge on any atom is -0.0654 e. The minimum atomic E-state index is -1.32. The monoisotopic (exact) mass is 443 g/mol. The predicted octanol–water partition coefficient (Wildman–Crippen LogP) is 10.2. The predicted molar refractivity (Wildman–Crippen MR) is 146 cm³/mol. The molecule has 0 bridgehead atoms. The number of hydrogen-bond acceptors (Lipinski definition) is 0. The molecule has 0 nitrogen and oxygen atoms in total. The van der Waals surface area contributed by atoms with Gasteiger partial charge in [0.15, 0.2) is 0 Å². The van der Waals surface area contributed by atoms with Crippen LogP contribution in [0.5, 0.6) is 0 Å². The summed E-state index contributed by atoms with van der Waals surface area (Å²) in [5.74, 6) is 0. The van der Waals surface area contributed by atoms with Crippen LogP contribution in [0.2, 0.25) is 13.1 Å². The molecule has 0 spiro atoms.